The largest absolute Gasteiger partial charge is 0.329 e. The van der Waals surface area contributed by atoms with Crippen molar-refractivity contribution in [2.45, 2.75) is 0 Å². The Labute approximate surface area is 53.5 Å². The van der Waals surface area contributed by atoms with Crippen LogP contribution in [0.3, 0.4) is 0 Å². The number of rotatable bonds is 2. The lowest BCUT2D eigenvalue weighted by Crippen LogP contribution is -1.91. The van der Waals surface area contributed by atoms with Gasteiger partial charge in [-0.1, -0.05) is 12.1 Å². The van der Waals surface area contributed by atoms with Crippen LogP contribution in [0.4, 0.5) is 5.69 Å². The fraction of sp³-hybridized carbons (Fsp3) is 0. The summed E-state index contributed by atoms with van der Waals surface area (Å²) in [5.74, 6) is 0. The standard InChI is InChI=1S/C7H6NO/c9-6-8-7-4-2-1-3-5-7/h2-6H,(H,8,9). The molecule has 0 bridgehead atoms. The lowest BCUT2D eigenvalue weighted by Gasteiger charge is -1.92. The van der Waals surface area contributed by atoms with Crippen LogP contribution >= 0.6 is 0 Å². The molecule has 0 atom stereocenters. The van der Waals surface area contributed by atoms with Crippen LogP contribution in [0, 0.1) is 6.07 Å². The van der Waals surface area contributed by atoms with Crippen molar-refractivity contribution in [2.24, 2.45) is 0 Å². The van der Waals surface area contributed by atoms with Gasteiger partial charge in [0.15, 0.2) is 0 Å². The third-order valence-electron chi connectivity index (χ3n) is 0.944. The van der Waals surface area contributed by atoms with Gasteiger partial charge in [0.2, 0.25) is 6.41 Å². The maximum absolute atomic E-state index is 9.85. The van der Waals surface area contributed by atoms with Crippen LogP contribution in [-0.2, 0) is 4.79 Å². The van der Waals surface area contributed by atoms with E-state index in [1.54, 1.807) is 24.3 Å². The number of amides is 1. The third kappa shape index (κ3) is 1.57. The van der Waals surface area contributed by atoms with Gasteiger partial charge < -0.3 is 5.32 Å². The van der Waals surface area contributed by atoms with Crippen LogP contribution < -0.4 is 5.32 Å². The van der Waals surface area contributed by atoms with Crippen LogP contribution in [0.5, 0.6) is 0 Å². The maximum Gasteiger partial charge on any atom is 0.211 e. The highest BCUT2D eigenvalue weighted by Gasteiger charge is 1.82. The van der Waals surface area contributed by atoms with E-state index in [1.807, 2.05) is 0 Å². The average molecular weight is 120 g/mol. The smallest absolute Gasteiger partial charge is 0.211 e. The topological polar surface area (TPSA) is 29.1 Å². The van der Waals surface area contributed by atoms with Crippen molar-refractivity contribution in [2.75, 3.05) is 5.32 Å². The molecule has 45 valence electrons. The Bertz CT molecular complexity index is 183. The quantitative estimate of drug-likeness (QED) is 0.581. The Morgan fingerprint density at radius 2 is 2.11 bits per heavy atom. The van der Waals surface area contributed by atoms with Crippen molar-refractivity contribution in [3.8, 4) is 0 Å². The van der Waals surface area contributed by atoms with Crippen molar-refractivity contribution in [1.82, 2.24) is 0 Å². The first-order chi connectivity index (χ1) is 4.43. The van der Waals surface area contributed by atoms with E-state index in [2.05, 4.69) is 11.4 Å². The molecule has 0 aliphatic carbocycles. The molecular weight excluding hydrogens is 114 g/mol. The Morgan fingerprint density at radius 1 is 1.44 bits per heavy atom. The van der Waals surface area contributed by atoms with Gasteiger partial charge >= 0.3 is 0 Å². The molecule has 0 heterocycles. The van der Waals surface area contributed by atoms with E-state index >= 15 is 0 Å². The van der Waals surface area contributed by atoms with E-state index in [9.17, 15) is 4.79 Å². The normalized spacial score (nSPS) is 8.44. The summed E-state index contributed by atoms with van der Waals surface area (Å²) >= 11 is 0. The van der Waals surface area contributed by atoms with Gasteiger partial charge in [0, 0.05) is 5.69 Å². The van der Waals surface area contributed by atoms with E-state index in [-0.39, 0.29) is 0 Å². The summed E-state index contributed by atoms with van der Waals surface area (Å²) in [6.07, 6.45) is 0.648. The number of carbonyl (C=O) groups excluding carboxylic acids is 1. The molecule has 1 aromatic carbocycles. The molecule has 1 N–H and O–H groups in total. The molecule has 0 aromatic heterocycles. The first kappa shape index (κ1) is 5.82. The average Bonchev–Trinajstić information content (AvgIpc) is 1.91. The second-order valence-corrected chi connectivity index (χ2v) is 1.55. The van der Waals surface area contributed by atoms with E-state index in [0.717, 1.165) is 5.69 Å². The van der Waals surface area contributed by atoms with Gasteiger partial charge in [0.05, 0.1) is 0 Å². The predicted octanol–water partition coefficient (Wildman–Crippen LogP) is 1.06. The molecule has 0 spiro atoms. The van der Waals surface area contributed by atoms with Gasteiger partial charge in [0.1, 0.15) is 0 Å². The monoisotopic (exact) mass is 120 g/mol. The van der Waals surface area contributed by atoms with E-state index in [4.69, 9.17) is 0 Å². The molecule has 0 saturated heterocycles. The highest BCUT2D eigenvalue weighted by atomic mass is 16.1. The van der Waals surface area contributed by atoms with Crippen molar-refractivity contribution in [3.63, 3.8) is 0 Å². The zero-order valence-corrected chi connectivity index (χ0v) is 4.79. The molecule has 9 heavy (non-hydrogen) atoms. The van der Waals surface area contributed by atoms with Crippen molar-refractivity contribution in [3.05, 3.63) is 30.3 Å². The molecule has 1 aromatic rings. The van der Waals surface area contributed by atoms with Gasteiger partial charge in [-0.15, -0.1) is 0 Å². The summed E-state index contributed by atoms with van der Waals surface area (Å²) in [6, 6.07) is 9.86. The summed E-state index contributed by atoms with van der Waals surface area (Å²) in [6.45, 7) is 0. The van der Waals surface area contributed by atoms with Gasteiger partial charge in [-0.05, 0) is 18.2 Å². The van der Waals surface area contributed by atoms with E-state index < -0.39 is 0 Å². The molecule has 0 aliphatic heterocycles. The number of nitrogens with one attached hydrogen (secondary N) is 1. The summed E-state index contributed by atoms with van der Waals surface area (Å²) in [7, 11) is 0. The third-order valence-corrected chi connectivity index (χ3v) is 0.944. The zero-order valence-electron chi connectivity index (χ0n) is 4.79. The van der Waals surface area contributed by atoms with E-state index in [0.29, 0.717) is 6.41 Å². The molecule has 2 heteroatoms. The Balaban J connectivity index is 2.72. The van der Waals surface area contributed by atoms with Gasteiger partial charge in [-0.3, -0.25) is 4.79 Å². The SMILES string of the molecule is O=CNc1cc[c]cc1. The van der Waals surface area contributed by atoms with Crippen LogP contribution in [0.25, 0.3) is 0 Å². The number of hydrogen-bond acceptors (Lipinski definition) is 1. The van der Waals surface area contributed by atoms with Crippen molar-refractivity contribution >= 4 is 12.1 Å². The molecular formula is C7H6NO. The summed E-state index contributed by atoms with van der Waals surface area (Å²) in [5, 5.41) is 2.51. The fourth-order valence-corrected chi connectivity index (χ4v) is 0.551. The lowest BCUT2D eigenvalue weighted by atomic mass is 10.3. The van der Waals surface area contributed by atoms with Crippen LogP contribution in [0.15, 0.2) is 24.3 Å². The number of carbonyl (C=O) groups is 1. The highest BCUT2D eigenvalue weighted by molar-refractivity contribution is 5.70. The van der Waals surface area contributed by atoms with Gasteiger partial charge in [-0.2, -0.15) is 0 Å². The van der Waals surface area contributed by atoms with Crippen LogP contribution in [-0.4, -0.2) is 6.41 Å². The number of benzene rings is 1. The molecule has 1 radical (unpaired) electrons. The second kappa shape index (κ2) is 2.87. The lowest BCUT2D eigenvalue weighted by molar-refractivity contribution is -0.105. The Kier molecular flexibility index (Phi) is 1.85. The molecule has 0 fully saturated rings. The first-order valence-corrected chi connectivity index (χ1v) is 2.60. The minimum Gasteiger partial charge on any atom is -0.329 e. The molecule has 1 amide bonds. The van der Waals surface area contributed by atoms with Gasteiger partial charge in [0.25, 0.3) is 0 Å². The molecule has 0 unspecified atom stereocenters. The summed E-state index contributed by atoms with van der Waals surface area (Å²) < 4.78 is 0. The highest BCUT2D eigenvalue weighted by Crippen LogP contribution is 2.01. The minimum absolute atomic E-state index is 0.648. The molecule has 0 aliphatic rings. The number of hydrogen-bond donors (Lipinski definition) is 1. The maximum atomic E-state index is 9.85. The summed E-state index contributed by atoms with van der Waals surface area (Å²) in [4.78, 5) is 9.85. The van der Waals surface area contributed by atoms with Crippen molar-refractivity contribution < 1.29 is 4.79 Å². The Morgan fingerprint density at radius 3 is 2.67 bits per heavy atom. The minimum atomic E-state index is 0.648. The predicted molar refractivity (Wildman–Crippen MR) is 35.0 cm³/mol. The Hall–Kier alpha value is -1.31. The zero-order chi connectivity index (χ0) is 6.53. The second-order valence-electron chi connectivity index (χ2n) is 1.55. The van der Waals surface area contributed by atoms with Gasteiger partial charge in [-0.25, -0.2) is 0 Å². The fourth-order valence-electron chi connectivity index (χ4n) is 0.551. The van der Waals surface area contributed by atoms with Crippen molar-refractivity contribution in [1.29, 1.82) is 0 Å². The first-order valence-electron chi connectivity index (χ1n) is 2.60. The molecule has 1 rings (SSSR count). The molecule has 2 nitrogen and oxygen atoms in total. The van der Waals surface area contributed by atoms with Crippen LogP contribution in [0.2, 0.25) is 0 Å². The number of anilines is 1. The van der Waals surface area contributed by atoms with Crippen LogP contribution in [0.1, 0.15) is 0 Å². The summed E-state index contributed by atoms with van der Waals surface area (Å²) in [5.41, 5.74) is 0.795. The van der Waals surface area contributed by atoms with E-state index in [1.165, 1.54) is 0 Å². The molecule has 0 saturated carbocycles.